The van der Waals surface area contributed by atoms with Crippen LogP contribution in [0, 0.1) is 11.8 Å². The molecule has 0 radical (unpaired) electrons. The molecule has 1 amide bonds. The van der Waals surface area contributed by atoms with Crippen LogP contribution in [-0.4, -0.2) is 30.3 Å². The number of amides is 1. The Morgan fingerprint density at radius 2 is 2.17 bits per heavy atom. The molecule has 0 aromatic heterocycles. The van der Waals surface area contributed by atoms with Crippen LogP contribution < -0.4 is 10.6 Å². The highest BCUT2D eigenvalue weighted by Crippen LogP contribution is 2.39. The molecule has 0 aromatic carbocycles. The summed E-state index contributed by atoms with van der Waals surface area (Å²) in [6, 6.07) is 0.148. The van der Waals surface area contributed by atoms with Crippen LogP contribution in [0.5, 0.6) is 0 Å². The molecule has 1 aliphatic carbocycles. The summed E-state index contributed by atoms with van der Waals surface area (Å²) < 4.78 is 0. The second-order valence-electron chi connectivity index (χ2n) is 3.72. The van der Waals surface area contributed by atoms with Gasteiger partial charge < -0.3 is 15.7 Å². The van der Waals surface area contributed by atoms with Gasteiger partial charge in [0.15, 0.2) is 0 Å². The lowest BCUT2D eigenvalue weighted by atomic mass is 9.98. The highest BCUT2D eigenvalue weighted by Gasteiger charge is 2.39. The summed E-state index contributed by atoms with van der Waals surface area (Å²) >= 11 is 0. The van der Waals surface area contributed by atoms with Crippen molar-refractivity contribution in [2.45, 2.75) is 18.9 Å². The first-order chi connectivity index (χ1) is 5.77. The third-order valence-electron chi connectivity index (χ3n) is 2.80. The molecule has 2 atom stereocenters. The molecule has 3 N–H and O–H groups in total. The third-order valence-corrected chi connectivity index (χ3v) is 2.80. The maximum atomic E-state index is 10.4. The summed E-state index contributed by atoms with van der Waals surface area (Å²) in [6.07, 6.45) is 1.67. The van der Waals surface area contributed by atoms with Crippen molar-refractivity contribution in [2.75, 3.05) is 13.1 Å². The predicted octanol–water partition coefficient (Wildman–Crippen LogP) is 0.252. The van der Waals surface area contributed by atoms with E-state index in [2.05, 4.69) is 10.6 Å². The van der Waals surface area contributed by atoms with Gasteiger partial charge in [-0.1, -0.05) is 0 Å². The molecule has 1 saturated carbocycles. The van der Waals surface area contributed by atoms with Gasteiger partial charge in [0.25, 0.3) is 0 Å². The molecule has 68 valence electrons. The van der Waals surface area contributed by atoms with Crippen LogP contribution >= 0.6 is 0 Å². The first-order valence-corrected chi connectivity index (χ1v) is 4.47. The van der Waals surface area contributed by atoms with Gasteiger partial charge in [-0.15, -0.1) is 0 Å². The minimum Gasteiger partial charge on any atom is -0.465 e. The van der Waals surface area contributed by atoms with Crippen molar-refractivity contribution in [3.05, 3.63) is 0 Å². The quantitative estimate of drug-likeness (QED) is 0.556. The van der Waals surface area contributed by atoms with Gasteiger partial charge in [0.1, 0.15) is 0 Å². The standard InChI is InChI=1S/C8H14N2O2/c11-8(12)10-7-4-9-3-6(7)5-1-2-5/h5-7,9-10H,1-4H2,(H,11,12). The lowest BCUT2D eigenvalue weighted by Gasteiger charge is -2.17. The first kappa shape index (κ1) is 7.86. The lowest BCUT2D eigenvalue weighted by Crippen LogP contribution is -2.40. The molecule has 1 aliphatic heterocycles. The zero-order chi connectivity index (χ0) is 8.55. The predicted molar refractivity (Wildman–Crippen MR) is 44.0 cm³/mol. The Kier molecular flexibility index (Phi) is 1.92. The molecule has 4 nitrogen and oxygen atoms in total. The normalized spacial score (nSPS) is 35.0. The van der Waals surface area contributed by atoms with Crippen molar-refractivity contribution in [1.29, 1.82) is 0 Å². The smallest absolute Gasteiger partial charge is 0.404 e. The van der Waals surface area contributed by atoms with Gasteiger partial charge in [-0.25, -0.2) is 4.79 Å². The Morgan fingerprint density at radius 1 is 1.42 bits per heavy atom. The van der Waals surface area contributed by atoms with Gasteiger partial charge in [0.2, 0.25) is 0 Å². The zero-order valence-electron chi connectivity index (χ0n) is 6.92. The molecule has 0 aromatic rings. The number of carbonyl (C=O) groups is 1. The number of hydrogen-bond donors (Lipinski definition) is 3. The Labute approximate surface area is 71.3 Å². The summed E-state index contributed by atoms with van der Waals surface area (Å²) in [5.41, 5.74) is 0. The molecule has 2 aliphatic rings. The van der Waals surface area contributed by atoms with E-state index in [1.165, 1.54) is 12.8 Å². The molecule has 4 heteroatoms. The number of nitrogens with one attached hydrogen (secondary N) is 2. The van der Waals surface area contributed by atoms with E-state index in [0.29, 0.717) is 5.92 Å². The highest BCUT2D eigenvalue weighted by molar-refractivity contribution is 5.65. The maximum Gasteiger partial charge on any atom is 0.404 e. The van der Waals surface area contributed by atoms with E-state index in [4.69, 9.17) is 5.11 Å². The second kappa shape index (κ2) is 2.94. The first-order valence-electron chi connectivity index (χ1n) is 4.47. The summed E-state index contributed by atoms with van der Waals surface area (Å²) in [5, 5.41) is 14.3. The topological polar surface area (TPSA) is 61.4 Å². The fourth-order valence-corrected chi connectivity index (χ4v) is 2.04. The van der Waals surface area contributed by atoms with Gasteiger partial charge in [-0.3, -0.25) is 0 Å². The third kappa shape index (κ3) is 1.53. The van der Waals surface area contributed by atoms with Gasteiger partial charge >= 0.3 is 6.09 Å². The lowest BCUT2D eigenvalue weighted by molar-refractivity contribution is 0.186. The number of rotatable bonds is 2. The van der Waals surface area contributed by atoms with Crippen molar-refractivity contribution in [1.82, 2.24) is 10.6 Å². The molecule has 2 unspecified atom stereocenters. The second-order valence-corrected chi connectivity index (χ2v) is 3.72. The molecule has 0 bridgehead atoms. The van der Waals surface area contributed by atoms with E-state index in [1.807, 2.05) is 0 Å². The van der Waals surface area contributed by atoms with E-state index in [0.717, 1.165) is 19.0 Å². The van der Waals surface area contributed by atoms with E-state index in [-0.39, 0.29) is 6.04 Å². The SMILES string of the molecule is O=C(O)NC1CNCC1C1CC1. The van der Waals surface area contributed by atoms with E-state index in [1.54, 1.807) is 0 Å². The monoisotopic (exact) mass is 170 g/mol. The fraction of sp³-hybridized carbons (Fsp3) is 0.875. The van der Waals surface area contributed by atoms with Crippen molar-refractivity contribution in [2.24, 2.45) is 11.8 Å². The maximum absolute atomic E-state index is 10.4. The summed E-state index contributed by atoms with van der Waals surface area (Å²) in [7, 11) is 0. The van der Waals surface area contributed by atoms with Crippen LogP contribution in [0.3, 0.4) is 0 Å². The zero-order valence-corrected chi connectivity index (χ0v) is 6.92. The molecule has 2 fully saturated rings. The highest BCUT2D eigenvalue weighted by atomic mass is 16.4. The van der Waals surface area contributed by atoms with Crippen LogP contribution in [0.1, 0.15) is 12.8 Å². The van der Waals surface area contributed by atoms with Crippen molar-refractivity contribution < 1.29 is 9.90 Å². The van der Waals surface area contributed by atoms with Gasteiger partial charge in [-0.05, 0) is 24.7 Å². The Morgan fingerprint density at radius 3 is 2.75 bits per heavy atom. The summed E-state index contributed by atoms with van der Waals surface area (Å²) in [4.78, 5) is 10.4. The number of carboxylic acid groups (broad SMARTS) is 1. The minimum atomic E-state index is -0.894. The van der Waals surface area contributed by atoms with E-state index < -0.39 is 6.09 Å². The van der Waals surface area contributed by atoms with Gasteiger partial charge in [-0.2, -0.15) is 0 Å². The van der Waals surface area contributed by atoms with Crippen LogP contribution in [0.2, 0.25) is 0 Å². The van der Waals surface area contributed by atoms with Crippen molar-refractivity contribution in [3.63, 3.8) is 0 Å². The molecule has 1 heterocycles. The van der Waals surface area contributed by atoms with Crippen LogP contribution in [0.25, 0.3) is 0 Å². The van der Waals surface area contributed by atoms with Crippen LogP contribution in [-0.2, 0) is 0 Å². The Hall–Kier alpha value is -0.770. The van der Waals surface area contributed by atoms with Crippen LogP contribution in [0.15, 0.2) is 0 Å². The van der Waals surface area contributed by atoms with Gasteiger partial charge in [0.05, 0.1) is 0 Å². The molecule has 2 rings (SSSR count). The molecular formula is C8H14N2O2. The summed E-state index contributed by atoms with van der Waals surface area (Å²) in [5.74, 6) is 1.32. The van der Waals surface area contributed by atoms with Crippen molar-refractivity contribution >= 4 is 6.09 Å². The Bertz CT molecular complexity index is 191. The summed E-state index contributed by atoms with van der Waals surface area (Å²) in [6.45, 7) is 1.78. The molecule has 12 heavy (non-hydrogen) atoms. The molecule has 0 spiro atoms. The van der Waals surface area contributed by atoms with Gasteiger partial charge in [0, 0.05) is 19.1 Å². The van der Waals surface area contributed by atoms with E-state index >= 15 is 0 Å². The number of hydrogen-bond acceptors (Lipinski definition) is 2. The minimum absolute atomic E-state index is 0.148. The van der Waals surface area contributed by atoms with Crippen LogP contribution in [0.4, 0.5) is 4.79 Å². The largest absolute Gasteiger partial charge is 0.465 e. The Balaban J connectivity index is 1.89. The van der Waals surface area contributed by atoms with Crippen molar-refractivity contribution in [3.8, 4) is 0 Å². The fourth-order valence-electron chi connectivity index (χ4n) is 2.04. The average molecular weight is 170 g/mol. The molecular weight excluding hydrogens is 156 g/mol. The van der Waals surface area contributed by atoms with E-state index in [9.17, 15) is 4.79 Å². The average Bonchev–Trinajstić information content (AvgIpc) is 2.73. The molecule has 1 saturated heterocycles.